The van der Waals surface area contributed by atoms with Crippen molar-refractivity contribution in [2.45, 2.75) is 38.6 Å². The number of likely N-dealkylation sites (tertiary alicyclic amines) is 2. The third kappa shape index (κ3) is 6.41. The van der Waals surface area contributed by atoms with Gasteiger partial charge in [-0.3, -0.25) is 24.5 Å². The van der Waals surface area contributed by atoms with Crippen LogP contribution in [0, 0.1) is 23.0 Å². The van der Waals surface area contributed by atoms with Crippen LogP contribution >= 0.6 is 11.6 Å². The van der Waals surface area contributed by atoms with Gasteiger partial charge in [0, 0.05) is 54.9 Å². The van der Waals surface area contributed by atoms with E-state index in [9.17, 15) is 24.5 Å². The molecule has 41 heavy (non-hydrogen) atoms. The monoisotopic (exact) mass is 574 g/mol. The first kappa shape index (κ1) is 28.3. The van der Waals surface area contributed by atoms with Crippen LogP contribution in [0.5, 0.6) is 0 Å². The highest BCUT2D eigenvalue weighted by molar-refractivity contribution is 6.31. The fourth-order valence-electron chi connectivity index (χ4n) is 5.65. The second-order valence-electron chi connectivity index (χ2n) is 10.7. The zero-order chi connectivity index (χ0) is 29.1. The lowest BCUT2D eigenvalue weighted by Crippen LogP contribution is -2.38. The van der Waals surface area contributed by atoms with Crippen LogP contribution in [-0.2, 0) is 16.1 Å². The van der Waals surface area contributed by atoms with E-state index in [1.807, 2.05) is 54.6 Å². The third-order valence-electron chi connectivity index (χ3n) is 8.01. The Balaban J connectivity index is 1.14. The molecule has 212 valence electrons. The number of hydrogen-bond acceptors (Lipinski definition) is 5. The molecule has 2 aliphatic rings. The SMILES string of the molecule is Cc1c(C(=O)N2CCC(c3ccc(NC(=O)[C@@H]4CC(=O)N(Cc5ccccc5)C4)cc3)CC2)cc(Cl)cc1[N+](=O)[O-]. The van der Waals surface area contributed by atoms with Crippen LogP contribution in [0.25, 0.3) is 0 Å². The summed E-state index contributed by atoms with van der Waals surface area (Å²) in [7, 11) is 0. The van der Waals surface area contributed by atoms with Gasteiger partial charge in [0.1, 0.15) is 0 Å². The van der Waals surface area contributed by atoms with E-state index in [0.717, 1.165) is 24.0 Å². The van der Waals surface area contributed by atoms with Crippen LogP contribution in [0.4, 0.5) is 11.4 Å². The summed E-state index contributed by atoms with van der Waals surface area (Å²) in [6, 6.07) is 20.2. The normalized spacial score (nSPS) is 17.5. The summed E-state index contributed by atoms with van der Waals surface area (Å²) in [6.45, 7) is 3.52. The zero-order valence-corrected chi connectivity index (χ0v) is 23.5. The van der Waals surface area contributed by atoms with Crippen LogP contribution < -0.4 is 5.32 Å². The minimum absolute atomic E-state index is 0.0158. The van der Waals surface area contributed by atoms with Crippen molar-refractivity contribution in [3.63, 3.8) is 0 Å². The Labute approximate surface area is 243 Å². The first-order valence-electron chi connectivity index (χ1n) is 13.7. The largest absolute Gasteiger partial charge is 0.339 e. The van der Waals surface area contributed by atoms with Crippen molar-refractivity contribution in [3.05, 3.63) is 104 Å². The zero-order valence-electron chi connectivity index (χ0n) is 22.7. The van der Waals surface area contributed by atoms with Crippen LogP contribution in [-0.4, -0.2) is 52.1 Å². The van der Waals surface area contributed by atoms with Crippen molar-refractivity contribution in [1.29, 1.82) is 0 Å². The number of nitro benzene ring substituents is 1. The molecule has 2 heterocycles. The lowest BCUT2D eigenvalue weighted by molar-refractivity contribution is -0.385. The van der Waals surface area contributed by atoms with Crippen molar-refractivity contribution in [3.8, 4) is 0 Å². The lowest BCUT2D eigenvalue weighted by atomic mass is 9.89. The molecule has 2 aliphatic heterocycles. The molecule has 3 aromatic rings. The predicted molar refractivity (Wildman–Crippen MR) is 156 cm³/mol. The lowest BCUT2D eigenvalue weighted by Gasteiger charge is -2.32. The van der Waals surface area contributed by atoms with Crippen LogP contribution in [0.3, 0.4) is 0 Å². The number of carbonyl (C=O) groups excluding carboxylic acids is 3. The van der Waals surface area contributed by atoms with Crippen molar-refractivity contribution in [2.24, 2.45) is 5.92 Å². The number of halogens is 1. The van der Waals surface area contributed by atoms with Crippen molar-refractivity contribution in [2.75, 3.05) is 25.0 Å². The standard InChI is InChI=1S/C31H31ClN4O5/c1-20-27(16-25(32)17-28(20)36(40)41)31(39)34-13-11-23(12-14-34)22-7-9-26(10-8-22)33-30(38)24-15-29(37)35(19-24)18-21-5-3-2-4-6-21/h2-10,16-17,23-24H,11-15,18-19H2,1H3,(H,33,38)/t24-/m1/s1. The molecule has 0 aromatic heterocycles. The van der Waals surface area contributed by atoms with Gasteiger partial charge in [-0.2, -0.15) is 0 Å². The summed E-state index contributed by atoms with van der Waals surface area (Å²) in [6.07, 6.45) is 1.71. The number of hydrogen-bond donors (Lipinski definition) is 1. The third-order valence-corrected chi connectivity index (χ3v) is 8.22. The Kier molecular flexibility index (Phi) is 8.35. The molecule has 2 saturated heterocycles. The predicted octanol–water partition coefficient (Wildman–Crippen LogP) is 5.56. The summed E-state index contributed by atoms with van der Waals surface area (Å²) in [4.78, 5) is 52.8. The summed E-state index contributed by atoms with van der Waals surface area (Å²) >= 11 is 6.06. The molecule has 0 unspecified atom stereocenters. The first-order valence-corrected chi connectivity index (χ1v) is 14.0. The second kappa shape index (κ2) is 12.1. The van der Waals surface area contributed by atoms with E-state index in [1.165, 1.54) is 12.1 Å². The number of piperidine rings is 1. The molecule has 5 rings (SSSR count). The van der Waals surface area contributed by atoms with E-state index in [0.29, 0.717) is 37.4 Å². The molecule has 3 aromatic carbocycles. The van der Waals surface area contributed by atoms with Gasteiger partial charge >= 0.3 is 0 Å². The molecule has 0 spiro atoms. The van der Waals surface area contributed by atoms with Gasteiger partial charge in [-0.05, 0) is 55.0 Å². The van der Waals surface area contributed by atoms with Gasteiger partial charge in [0.25, 0.3) is 11.6 Å². The molecule has 3 amide bonds. The number of rotatable bonds is 7. The molecule has 10 heteroatoms. The smallest absolute Gasteiger partial charge is 0.274 e. The highest BCUT2D eigenvalue weighted by Crippen LogP contribution is 2.32. The Morgan fingerprint density at radius 1 is 1.05 bits per heavy atom. The minimum Gasteiger partial charge on any atom is -0.339 e. The van der Waals surface area contributed by atoms with E-state index < -0.39 is 10.8 Å². The molecular weight excluding hydrogens is 544 g/mol. The van der Waals surface area contributed by atoms with Gasteiger partial charge in [0.2, 0.25) is 11.8 Å². The molecule has 0 saturated carbocycles. The number of nitrogens with one attached hydrogen (secondary N) is 1. The highest BCUT2D eigenvalue weighted by atomic mass is 35.5. The summed E-state index contributed by atoms with van der Waals surface area (Å²) in [5.41, 5.74) is 3.25. The van der Waals surface area contributed by atoms with E-state index in [2.05, 4.69) is 5.32 Å². The minimum atomic E-state index is -0.524. The number of nitro groups is 1. The number of carbonyl (C=O) groups is 3. The fraction of sp³-hybridized carbons (Fsp3) is 0.323. The molecule has 0 bridgehead atoms. The average Bonchev–Trinajstić information content (AvgIpc) is 3.34. The van der Waals surface area contributed by atoms with Gasteiger partial charge in [-0.15, -0.1) is 0 Å². The molecule has 1 N–H and O–H groups in total. The Morgan fingerprint density at radius 2 is 1.73 bits per heavy atom. The Hall–Kier alpha value is -4.24. The van der Waals surface area contributed by atoms with E-state index in [1.54, 1.807) is 16.7 Å². The highest BCUT2D eigenvalue weighted by Gasteiger charge is 2.34. The van der Waals surface area contributed by atoms with Crippen LogP contribution in [0.2, 0.25) is 5.02 Å². The number of amides is 3. The van der Waals surface area contributed by atoms with Crippen molar-refractivity contribution < 1.29 is 19.3 Å². The Morgan fingerprint density at radius 3 is 2.39 bits per heavy atom. The van der Waals surface area contributed by atoms with Crippen LogP contribution in [0.15, 0.2) is 66.7 Å². The van der Waals surface area contributed by atoms with E-state index in [4.69, 9.17) is 11.6 Å². The number of anilines is 1. The molecule has 0 radical (unpaired) electrons. The summed E-state index contributed by atoms with van der Waals surface area (Å²) < 4.78 is 0. The number of benzene rings is 3. The fourth-order valence-corrected chi connectivity index (χ4v) is 5.86. The molecule has 1 atom stereocenters. The first-order chi connectivity index (χ1) is 19.7. The van der Waals surface area contributed by atoms with Crippen LogP contribution in [0.1, 0.15) is 52.2 Å². The summed E-state index contributed by atoms with van der Waals surface area (Å²) in [5.74, 6) is -0.574. The maximum atomic E-state index is 13.2. The molecule has 0 aliphatic carbocycles. The molecular formula is C31H31ClN4O5. The average molecular weight is 575 g/mol. The van der Waals surface area contributed by atoms with E-state index >= 15 is 0 Å². The molecule has 2 fully saturated rings. The number of nitrogens with zero attached hydrogens (tertiary/aromatic N) is 3. The van der Waals surface area contributed by atoms with E-state index in [-0.39, 0.29) is 46.3 Å². The summed E-state index contributed by atoms with van der Waals surface area (Å²) in [5, 5.41) is 14.5. The maximum absolute atomic E-state index is 13.2. The van der Waals surface area contributed by atoms with Gasteiger partial charge in [0.15, 0.2) is 0 Å². The topological polar surface area (TPSA) is 113 Å². The van der Waals surface area contributed by atoms with Gasteiger partial charge in [-0.25, -0.2) is 0 Å². The van der Waals surface area contributed by atoms with Crippen molar-refractivity contribution >= 4 is 40.7 Å². The second-order valence-corrected chi connectivity index (χ2v) is 11.1. The quantitative estimate of drug-likeness (QED) is 0.293. The van der Waals surface area contributed by atoms with Gasteiger partial charge < -0.3 is 15.1 Å². The van der Waals surface area contributed by atoms with Crippen molar-refractivity contribution in [1.82, 2.24) is 9.80 Å². The Bertz CT molecular complexity index is 1470. The molecule has 9 nitrogen and oxygen atoms in total. The maximum Gasteiger partial charge on any atom is 0.274 e. The van der Waals surface area contributed by atoms with Gasteiger partial charge in [-0.1, -0.05) is 54.1 Å². The van der Waals surface area contributed by atoms with Gasteiger partial charge in [0.05, 0.1) is 16.4 Å².